The Balaban J connectivity index is 3.26. The zero-order chi connectivity index (χ0) is 16.4. The lowest BCUT2D eigenvalue weighted by Crippen LogP contribution is -2.46. The Morgan fingerprint density at radius 2 is 2.05 bits per heavy atom. The van der Waals surface area contributed by atoms with Crippen molar-refractivity contribution < 1.29 is 22.3 Å². The summed E-state index contributed by atoms with van der Waals surface area (Å²) in [6, 6.07) is 1.66. The van der Waals surface area contributed by atoms with Crippen LogP contribution in [0.15, 0.2) is 21.5 Å². The average molecular weight is 403 g/mol. The number of carbonyl (C=O) groups excluding carboxylic acids is 1. The van der Waals surface area contributed by atoms with Crippen LogP contribution in [0, 0.1) is 5.82 Å². The van der Waals surface area contributed by atoms with E-state index in [0.29, 0.717) is 0 Å². The predicted molar refractivity (Wildman–Crippen MR) is 80.6 cm³/mol. The van der Waals surface area contributed by atoms with Crippen LogP contribution in [0.25, 0.3) is 0 Å². The molecule has 5 nitrogen and oxygen atoms in total. The molecule has 1 aromatic rings. The molecule has 1 N–H and O–H groups in total. The van der Waals surface area contributed by atoms with E-state index >= 15 is 0 Å². The fourth-order valence-electron chi connectivity index (χ4n) is 1.68. The van der Waals surface area contributed by atoms with Crippen LogP contribution >= 0.6 is 26.6 Å². The van der Waals surface area contributed by atoms with Crippen molar-refractivity contribution in [2.24, 2.45) is 0 Å². The van der Waals surface area contributed by atoms with Crippen molar-refractivity contribution in [1.82, 2.24) is 5.32 Å². The molecule has 9 heteroatoms. The minimum absolute atomic E-state index is 0.0929. The maximum Gasteiger partial charge on any atom is 0.262 e. The molecule has 1 aromatic carbocycles. The molecule has 0 bridgehead atoms. The molecule has 0 aromatic heterocycles. The third-order valence-electron chi connectivity index (χ3n) is 2.47. The van der Waals surface area contributed by atoms with Gasteiger partial charge in [0.05, 0.1) is 22.2 Å². The Morgan fingerprint density at radius 3 is 2.52 bits per heavy atom. The molecule has 0 radical (unpaired) electrons. The van der Waals surface area contributed by atoms with E-state index in [1.807, 2.05) is 0 Å². The van der Waals surface area contributed by atoms with E-state index in [9.17, 15) is 17.6 Å². The maximum atomic E-state index is 13.5. The summed E-state index contributed by atoms with van der Waals surface area (Å²) < 4.78 is 41.2. The van der Waals surface area contributed by atoms with Crippen LogP contribution in [-0.2, 0) is 13.8 Å². The van der Waals surface area contributed by atoms with Gasteiger partial charge in [0.25, 0.3) is 15.0 Å². The van der Waals surface area contributed by atoms with E-state index < -0.39 is 31.2 Å². The van der Waals surface area contributed by atoms with Gasteiger partial charge in [0, 0.05) is 17.8 Å². The van der Waals surface area contributed by atoms with Crippen molar-refractivity contribution in [1.29, 1.82) is 0 Å². The molecule has 0 spiro atoms. The quantitative estimate of drug-likeness (QED) is 0.769. The van der Waals surface area contributed by atoms with E-state index in [0.717, 1.165) is 12.1 Å². The fraction of sp³-hybridized carbons (Fsp3) is 0.417. The Bertz CT molecular complexity index is 663. The number of halogens is 3. The molecule has 118 valence electrons. The monoisotopic (exact) mass is 401 g/mol. The number of hydrogen-bond donors (Lipinski definition) is 1. The van der Waals surface area contributed by atoms with Gasteiger partial charge in [0.1, 0.15) is 10.7 Å². The van der Waals surface area contributed by atoms with Crippen LogP contribution in [0.1, 0.15) is 24.2 Å². The highest BCUT2D eigenvalue weighted by molar-refractivity contribution is 9.10. The Hall–Kier alpha value is -0.700. The van der Waals surface area contributed by atoms with Crippen molar-refractivity contribution in [3.8, 4) is 0 Å². The molecule has 0 aliphatic rings. The van der Waals surface area contributed by atoms with Crippen LogP contribution in [0.2, 0.25) is 0 Å². The van der Waals surface area contributed by atoms with Crippen molar-refractivity contribution in [3.63, 3.8) is 0 Å². The van der Waals surface area contributed by atoms with E-state index in [2.05, 4.69) is 21.2 Å². The highest BCUT2D eigenvalue weighted by Gasteiger charge is 2.26. The SMILES string of the molecule is COCC(C)(C)NC(=O)c1cc(F)cc(S(=O)(=O)Cl)c1Br. The van der Waals surface area contributed by atoms with Crippen molar-refractivity contribution in [3.05, 3.63) is 28.0 Å². The standard InChI is InChI=1S/C12H14BrClFNO4S/c1-12(2,6-20-3)16-11(17)8-4-7(15)5-9(10(8)13)21(14,18)19/h4-5H,6H2,1-3H3,(H,16,17). The second-order valence-corrected chi connectivity index (χ2v) is 8.30. The number of benzene rings is 1. The number of hydrogen-bond acceptors (Lipinski definition) is 4. The minimum Gasteiger partial charge on any atom is -0.382 e. The van der Waals surface area contributed by atoms with Crippen molar-refractivity contribution in [2.45, 2.75) is 24.3 Å². The van der Waals surface area contributed by atoms with Crippen molar-refractivity contribution >= 4 is 41.6 Å². The van der Waals surface area contributed by atoms with Crippen LogP contribution in [0.3, 0.4) is 0 Å². The molecule has 21 heavy (non-hydrogen) atoms. The van der Waals surface area contributed by atoms with Gasteiger partial charge in [-0.2, -0.15) is 0 Å². The smallest absolute Gasteiger partial charge is 0.262 e. The summed E-state index contributed by atoms with van der Waals surface area (Å²) in [7, 11) is 2.51. The van der Waals surface area contributed by atoms with Gasteiger partial charge in [0.15, 0.2) is 0 Å². The molecule has 0 unspecified atom stereocenters. The third kappa shape index (κ3) is 4.91. The molecule has 1 rings (SSSR count). The highest BCUT2D eigenvalue weighted by atomic mass is 79.9. The van der Waals surface area contributed by atoms with Gasteiger partial charge in [0.2, 0.25) is 0 Å². The number of rotatable bonds is 5. The van der Waals surface area contributed by atoms with E-state index in [1.54, 1.807) is 13.8 Å². The van der Waals surface area contributed by atoms with Crippen LogP contribution in [0.5, 0.6) is 0 Å². The fourth-order valence-corrected chi connectivity index (χ4v) is 3.95. The molecule has 1 amide bonds. The first-order valence-electron chi connectivity index (χ1n) is 5.73. The Kier molecular flexibility index (Phi) is 5.76. The second-order valence-electron chi connectivity index (χ2n) is 4.97. The van der Waals surface area contributed by atoms with Gasteiger partial charge in [-0.15, -0.1) is 0 Å². The molecule has 0 aliphatic heterocycles. The number of ether oxygens (including phenoxy) is 1. The molecule has 0 heterocycles. The lowest BCUT2D eigenvalue weighted by atomic mass is 10.1. The van der Waals surface area contributed by atoms with E-state index in [1.165, 1.54) is 7.11 Å². The number of carbonyl (C=O) groups is 1. The van der Waals surface area contributed by atoms with Gasteiger partial charge in [-0.1, -0.05) is 0 Å². The van der Waals surface area contributed by atoms with Crippen LogP contribution in [-0.4, -0.2) is 33.6 Å². The lowest BCUT2D eigenvalue weighted by Gasteiger charge is -2.25. The second kappa shape index (κ2) is 6.60. The first-order valence-corrected chi connectivity index (χ1v) is 8.83. The molecule has 0 saturated carbocycles. The summed E-state index contributed by atoms with van der Waals surface area (Å²) in [4.78, 5) is 11.7. The Labute approximate surface area is 135 Å². The maximum absolute atomic E-state index is 13.5. The normalized spacial score (nSPS) is 12.3. The van der Waals surface area contributed by atoms with Gasteiger partial charge in [-0.05, 0) is 41.9 Å². The molecule has 0 fully saturated rings. The largest absolute Gasteiger partial charge is 0.382 e. The predicted octanol–water partition coefficient (Wildman–Crippen LogP) is 2.67. The summed E-state index contributed by atoms with van der Waals surface area (Å²) in [5.41, 5.74) is -0.879. The topological polar surface area (TPSA) is 72.5 Å². The van der Waals surface area contributed by atoms with E-state index in [-0.39, 0.29) is 16.6 Å². The first kappa shape index (κ1) is 18.3. The zero-order valence-electron chi connectivity index (χ0n) is 11.5. The number of amides is 1. The number of methoxy groups -OCH3 is 1. The van der Waals surface area contributed by atoms with E-state index in [4.69, 9.17) is 15.4 Å². The lowest BCUT2D eigenvalue weighted by molar-refractivity contribution is 0.0818. The first-order chi connectivity index (χ1) is 9.48. The van der Waals surface area contributed by atoms with Gasteiger partial charge in [-0.3, -0.25) is 4.79 Å². The molecular formula is C12H14BrClFNO4S. The minimum atomic E-state index is -4.19. The molecule has 0 atom stereocenters. The molecular weight excluding hydrogens is 389 g/mol. The Morgan fingerprint density at radius 1 is 1.48 bits per heavy atom. The molecule has 0 aliphatic carbocycles. The summed E-state index contributed by atoms with van der Waals surface area (Å²) in [5.74, 6) is -1.53. The molecule has 0 saturated heterocycles. The highest BCUT2D eigenvalue weighted by Crippen LogP contribution is 2.30. The summed E-state index contributed by atoms with van der Waals surface area (Å²) in [6.07, 6.45) is 0. The summed E-state index contributed by atoms with van der Waals surface area (Å²) in [5, 5.41) is 2.62. The average Bonchev–Trinajstić information content (AvgIpc) is 2.29. The number of nitrogens with one attached hydrogen (secondary N) is 1. The van der Waals surface area contributed by atoms with Gasteiger partial charge in [-0.25, -0.2) is 12.8 Å². The van der Waals surface area contributed by atoms with Gasteiger partial charge < -0.3 is 10.1 Å². The summed E-state index contributed by atoms with van der Waals surface area (Å²) >= 11 is 2.98. The van der Waals surface area contributed by atoms with Crippen LogP contribution in [0.4, 0.5) is 4.39 Å². The van der Waals surface area contributed by atoms with Crippen LogP contribution < -0.4 is 5.32 Å². The third-order valence-corrected chi connectivity index (χ3v) is 4.93. The zero-order valence-corrected chi connectivity index (χ0v) is 14.7. The van der Waals surface area contributed by atoms with Crippen molar-refractivity contribution in [2.75, 3.05) is 13.7 Å². The van der Waals surface area contributed by atoms with Gasteiger partial charge >= 0.3 is 0 Å². The summed E-state index contributed by atoms with van der Waals surface area (Å²) in [6.45, 7) is 3.65.